The number of hydrogen-bond acceptors (Lipinski definition) is 3. The molecule has 2 rings (SSSR count). The smallest absolute Gasteiger partial charge is 0.387 e. The summed E-state index contributed by atoms with van der Waals surface area (Å²) < 4.78 is 29.3. The zero-order chi connectivity index (χ0) is 19.8. The van der Waals surface area contributed by atoms with E-state index in [4.69, 9.17) is 0 Å². The third kappa shape index (κ3) is 6.49. The lowest BCUT2D eigenvalue weighted by Gasteiger charge is -2.25. The first-order chi connectivity index (χ1) is 12.9. The van der Waals surface area contributed by atoms with Crippen LogP contribution in [0.1, 0.15) is 22.7 Å². The first kappa shape index (κ1) is 20.6. The van der Waals surface area contributed by atoms with Crippen molar-refractivity contribution in [2.75, 3.05) is 20.6 Å². The van der Waals surface area contributed by atoms with Gasteiger partial charge in [-0.05, 0) is 38.7 Å². The van der Waals surface area contributed by atoms with Gasteiger partial charge < -0.3 is 15.0 Å². The number of carbonyl (C=O) groups is 1. The number of nitrogens with one attached hydrogen (secondary N) is 1. The van der Waals surface area contributed by atoms with Crippen molar-refractivity contribution in [1.82, 2.24) is 10.2 Å². The minimum absolute atomic E-state index is 0.0254. The summed E-state index contributed by atoms with van der Waals surface area (Å²) in [6.45, 7) is -0.464. The van der Waals surface area contributed by atoms with Gasteiger partial charge in [0.2, 0.25) is 5.91 Å². The predicted octanol–water partition coefficient (Wildman–Crippen LogP) is 4.03. The van der Waals surface area contributed by atoms with Crippen LogP contribution in [0.3, 0.4) is 0 Å². The van der Waals surface area contributed by atoms with Crippen LogP contribution in [-0.4, -0.2) is 38.1 Å². The van der Waals surface area contributed by atoms with Crippen LogP contribution >= 0.6 is 0 Å². The molecule has 0 bridgehead atoms. The van der Waals surface area contributed by atoms with Crippen molar-refractivity contribution in [3.05, 3.63) is 71.3 Å². The molecule has 0 saturated heterocycles. The van der Waals surface area contributed by atoms with Crippen LogP contribution in [0.15, 0.2) is 54.6 Å². The Balaban J connectivity index is 2.00. The Morgan fingerprint density at radius 1 is 1.15 bits per heavy atom. The molecule has 2 aromatic carbocycles. The van der Waals surface area contributed by atoms with Crippen LogP contribution in [0.25, 0.3) is 6.08 Å². The maximum Gasteiger partial charge on any atom is 0.387 e. The number of ether oxygens (including phenoxy) is 1. The van der Waals surface area contributed by atoms with Gasteiger partial charge >= 0.3 is 6.61 Å². The second kappa shape index (κ2) is 9.83. The molecule has 1 atom stereocenters. The van der Waals surface area contributed by atoms with Crippen LogP contribution in [0.4, 0.5) is 8.78 Å². The Hall–Kier alpha value is -2.73. The van der Waals surface area contributed by atoms with Gasteiger partial charge in [0.25, 0.3) is 0 Å². The maximum absolute atomic E-state index is 12.4. The van der Waals surface area contributed by atoms with E-state index in [1.807, 2.05) is 50.2 Å². The summed E-state index contributed by atoms with van der Waals surface area (Å²) in [4.78, 5) is 14.2. The molecule has 0 aliphatic carbocycles. The monoisotopic (exact) mass is 374 g/mol. The van der Waals surface area contributed by atoms with E-state index in [1.54, 1.807) is 18.2 Å². The fourth-order valence-corrected chi connectivity index (χ4v) is 2.63. The Labute approximate surface area is 158 Å². The highest BCUT2D eigenvalue weighted by Gasteiger charge is 2.14. The van der Waals surface area contributed by atoms with E-state index >= 15 is 0 Å². The van der Waals surface area contributed by atoms with Crippen molar-refractivity contribution in [3.8, 4) is 5.75 Å². The quantitative estimate of drug-likeness (QED) is 0.710. The van der Waals surface area contributed by atoms with E-state index < -0.39 is 6.61 Å². The fraction of sp³-hybridized carbons (Fsp3) is 0.286. The summed E-state index contributed by atoms with van der Waals surface area (Å²) in [5, 5.41) is 2.85. The summed E-state index contributed by atoms with van der Waals surface area (Å²) in [5.74, 6) is -0.275. The van der Waals surface area contributed by atoms with E-state index in [2.05, 4.69) is 10.1 Å². The first-order valence-corrected chi connectivity index (χ1v) is 8.59. The highest BCUT2D eigenvalue weighted by Crippen LogP contribution is 2.21. The van der Waals surface area contributed by atoms with Crippen molar-refractivity contribution < 1.29 is 18.3 Å². The second-order valence-corrected chi connectivity index (χ2v) is 6.38. The van der Waals surface area contributed by atoms with Gasteiger partial charge in [0.15, 0.2) is 0 Å². The number of alkyl halides is 2. The zero-order valence-corrected chi connectivity index (χ0v) is 15.7. The highest BCUT2D eigenvalue weighted by atomic mass is 19.3. The van der Waals surface area contributed by atoms with E-state index in [-0.39, 0.29) is 17.7 Å². The Bertz CT molecular complexity index is 774. The molecule has 0 fully saturated rings. The van der Waals surface area contributed by atoms with Crippen LogP contribution in [-0.2, 0) is 4.79 Å². The van der Waals surface area contributed by atoms with Gasteiger partial charge in [-0.2, -0.15) is 8.78 Å². The number of nitrogens with zero attached hydrogens (tertiary/aromatic N) is 1. The molecule has 0 saturated carbocycles. The van der Waals surface area contributed by atoms with Gasteiger partial charge in [-0.3, -0.25) is 4.79 Å². The number of para-hydroxylation sites is 1. The maximum atomic E-state index is 12.4. The molecule has 0 heterocycles. The van der Waals surface area contributed by atoms with Gasteiger partial charge in [-0.15, -0.1) is 0 Å². The Morgan fingerprint density at radius 3 is 2.44 bits per heavy atom. The van der Waals surface area contributed by atoms with Crippen molar-refractivity contribution in [2.24, 2.45) is 0 Å². The van der Waals surface area contributed by atoms with Gasteiger partial charge in [0, 0.05) is 18.2 Å². The normalized spacial score (nSPS) is 12.6. The molecule has 1 amide bonds. The molecular formula is C21H24F2N2O2. The lowest BCUT2D eigenvalue weighted by Crippen LogP contribution is -2.33. The minimum Gasteiger partial charge on any atom is -0.434 e. The largest absolute Gasteiger partial charge is 0.434 e. The van der Waals surface area contributed by atoms with Gasteiger partial charge in [0.05, 0.1) is 6.04 Å². The summed E-state index contributed by atoms with van der Waals surface area (Å²) >= 11 is 0. The summed E-state index contributed by atoms with van der Waals surface area (Å²) in [6.07, 6.45) is 2.78. The second-order valence-electron chi connectivity index (χ2n) is 6.38. The molecular weight excluding hydrogens is 350 g/mol. The SMILES string of the molecule is Cc1ccc(C(CNC(=O)/C=C/c2ccccc2OC(F)F)N(C)C)cc1. The van der Waals surface area contributed by atoms with Crippen molar-refractivity contribution >= 4 is 12.0 Å². The van der Waals surface area contributed by atoms with Crippen molar-refractivity contribution in [3.63, 3.8) is 0 Å². The number of rotatable bonds is 8. The first-order valence-electron chi connectivity index (χ1n) is 8.59. The predicted molar refractivity (Wildman–Crippen MR) is 103 cm³/mol. The topological polar surface area (TPSA) is 41.6 Å². The lowest BCUT2D eigenvalue weighted by molar-refractivity contribution is -0.116. The van der Waals surface area contributed by atoms with E-state index in [0.29, 0.717) is 12.1 Å². The number of likely N-dealkylation sites (N-methyl/N-ethyl adjacent to an activating group) is 1. The van der Waals surface area contributed by atoms with Gasteiger partial charge in [0.1, 0.15) is 5.75 Å². The lowest BCUT2D eigenvalue weighted by atomic mass is 10.0. The number of benzene rings is 2. The molecule has 27 heavy (non-hydrogen) atoms. The molecule has 4 nitrogen and oxygen atoms in total. The third-order valence-corrected chi connectivity index (χ3v) is 4.10. The van der Waals surface area contributed by atoms with E-state index in [1.165, 1.54) is 23.8 Å². The fourth-order valence-electron chi connectivity index (χ4n) is 2.63. The molecule has 144 valence electrons. The number of halogens is 2. The molecule has 0 aromatic heterocycles. The van der Waals surface area contributed by atoms with E-state index in [9.17, 15) is 13.6 Å². The summed E-state index contributed by atoms with van der Waals surface area (Å²) in [6, 6.07) is 14.5. The van der Waals surface area contributed by atoms with Crippen LogP contribution in [0.2, 0.25) is 0 Å². The summed E-state index contributed by atoms with van der Waals surface area (Å²) in [5.41, 5.74) is 2.69. The molecule has 6 heteroatoms. The van der Waals surface area contributed by atoms with Crippen molar-refractivity contribution in [1.29, 1.82) is 0 Å². The van der Waals surface area contributed by atoms with Crippen LogP contribution in [0.5, 0.6) is 5.75 Å². The van der Waals surface area contributed by atoms with E-state index in [0.717, 1.165) is 5.56 Å². The number of hydrogen-bond donors (Lipinski definition) is 1. The highest BCUT2D eigenvalue weighted by molar-refractivity contribution is 5.92. The molecule has 0 radical (unpaired) electrons. The van der Waals surface area contributed by atoms with Crippen molar-refractivity contribution in [2.45, 2.75) is 19.6 Å². The third-order valence-electron chi connectivity index (χ3n) is 4.10. The standard InChI is InChI=1S/C21H24F2N2O2/c1-15-8-10-16(11-9-15)18(25(2)3)14-24-20(26)13-12-17-6-4-5-7-19(17)27-21(22)23/h4-13,18,21H,14H2,1-3H3,(H,24,26)/b13-12+. The van der Waals surface area contributed by atoms with Gasteiger partial charge in [-0.1, -0.05) is 48.0 Å². The molecule has 2 aromatic rings. The van der Waals surface area contributed by atoms with Crippen LogP contribution < -0.4 is 10.1 Å². The Morgan fingerprint density at radius 2 is 1.81 bits per heavy atom. The molecule has 1 unspecified atom stereocenters. The molecule has 0 spiro atoms. The molecule has 0 aliphatic heterocycles. The zero-order valence-electron chi connectivity index (χ0n) is 15.7. The average Bonchev–Trinajstić information content (AvgIpc) is 2.62. The molecule has 1 N–H and O–H groups in total. The number of aryl methyl sites for hydroxylation is 1. The number of carbonyl (C=O) groups excluding carboxylic acids is 1. The Kier molecular flexibility index (Phi) is 7.49. The number of amides is 1. The minimum atomic E-state index is -2.91. The molecule has 0 aliphatic rings. The van der Waals surface area contributed by atoms with Gasteiger partial charge in [-0.25, -0.2) is 0 Å². The summed E-state index contributed by atoms with van der Waals surface area (Å²) in [7, 11) is 3.90. The van der Waals surface area contributed by atoms with Crippen LogP contribution in [0, 0.1) is 6.92 Å². The average molecular weight is 374 g/mol.